The lowest BCUT2D eigenvalue weighted by molar-refractivity contribution is -0.133. The second-order valence-electron chi connectivity index (χ2n) is 8.08. The molecule has 6 nitrogen and oxygen atoms in total. The fraction of sp³-hybridized carbons (Fsp3) is 0.308. The standard InChI is InChI=1S/C26H31N3O3S/c1-19(20-9-6-5-7-10-20)29(26(31)16-23-11-8-14-33-23)17-21-15-22(27-25(30)18-32-4)12-13-24(21)28(2)3/h5-15,19H,16-18H2,1-4H3,(H,27,30). The Bertz CT molecular complexity index is 1050. The van der Waals surface area contributed by atoms with Gasteiger partial charge in [-0.2, -0.15) is 0 Å². The van der Waals surface area contributed by atoms with Crippen LogP contribution in [0.1, 0.15) is 29.0 Å². The molecule has 0 bridgehead atoms. The number of carbonyl (C=O) groups is 2. The number of amides is 2. The van der Waals surface area contributed by atoms with Gasteiger partial charge in [0.1, 0.15) is 6.61 Å². The molecule has 3 aromatic rings. The number of nitrogens with one attached hydrogen (secondary N) is 1. The van der Waals surface area contributed by atoms with Crippen LogP contribution in [0.4, 0.5) is 11.4 Å². The maximum absolute atomic E-state index is 13.5. The predicted molar refractivity (Wildman–Crippen MR) is 135 cm³/mol. The lowest BCUT2D eigenvalue weighted by Gasteiger charge is -2.31. The molecule has 0 saturated carbocycles. The molecule has 1 unspecified atom stereocenters. The largest absolute Gasteiger partial charge is 0.377 e. The van der Waals surface area contributed by atoms with Crippen LogP contribution in [0.15, 0.2) is 66.0 Å². The van der Waals surface area contributed by atoms with Gasteiger partial charge in [-0.1, -0.05) is 36.4 Å². The smallest absolute Gasteiger partial charge is 0.250 e. The van der Waals surface area contributed by atoms with E-state index in [2.05, 4.69) is 12.2 Å². The van der Waals surface area contributed by atoms with E-state index in [0.29, 0.717) is 18.7 Å². The van der Waals surface area contributed by atoms with Gasteiger partial charge in [-0.05, 0) is 47.7 Å². The number of hydrogen-bond acceptors (Lipinski definition) is 5. The van der Waals surface area contributed by atoms with Gasteiger partial charge in [0.2, 0.25) is 11.8 Å². The lowest BCUT2D eigenvalue weighted by atomic mass is 10.0. The highest BCUT2D eigenvalue weighted by molar-refractivity contribution is 7.10. The van der Waals surface area contributed by atoms with E-state index in [1.54, 1.807) is 11.3 Å². The van der Waals surface area contributed by atoms with Crippen LogP contribution >= 0.6 is 11.3 Å². The molecule has 1 N–H and O–H groups in total. The number of hydrogen-bond donors (Lipinski definition) is 1. The highest BCUT2D eigenvalue weighted by atomic mass is 32.1. The first kappa shape index (κ1) is 24.5. The molecule has 3 rings (SSSR count). The van der Waals surface area contributed by atoms with Crippen LogP contribution in [-0.2, 0) is 27.3 Å². The zero-order chi connectivity index (χ0) is 23.8. The van der Waals surface area contributed by atoms with Crippen molar-refractivity contribution in [2.45, 2.75) is 25.9 Å². The molecule has 0 fully saturated rings. The van der Waals surface area contributed by atoms with Gasteiger partial charge in [-0.3, -0.25) is 9.59 Å². The summed E-state index contributed by atoms with van der Waals surface area (Å²) in [5, 5.41) is 4.85. The maximum Gasteiger partial charge on any atom is 0.250 e. The summed E-state index contributed by atoms with van der Waals surface area (Å²) < 4.78 is 4.92. The summed E-state index contributed by atoms with van der Waals surface area (Å²) in [7, 11) is 5.43. The molecule has 0 aliphatic heterocycles. The van der Waals surface area contributed by atoms with Gasteiger partial charge in [0.25, 0.3) is 0 Å². The number of nitrogens with zero attached hydrogens (tertiary/aromatic N) is 2. The van der Waals surface area contributed by atoms with E-state index in [0.717, 1.165) is 21.7 Å². The lowest BCUT2D eigenvalue weighted by Crippen LogP contribution is -2.34. The highest BCUT2D eigenvalue weighted by Crippen LogP contribution is 2.29. The third kappa shape index (κ3) is 6.66. The van der Waals surface area contributed by atoms with E-state index in [9.17, 15) is 9.59 Å². The molecule has 2 amide bonds. The SMILES string of the molecule is COCC(=O)Nc1ccc(N(C)C)c(CN(C(=O)Cc2cccs2)C(C)c2ccccc2)c1. The minimum absolute atomic E-state index is 0.0127. The van der Waals surface area contributed by atoms with E-state index in [4.69, 9.17) is 4.74 Å². The summed E-state index contributed by atoms with van der Waals surface area (Å²) in [6, 6.07) is 19.7. The van der Waals surface area contributed by atoms with Crippen molar-refractivity contribution in [2.75, 3.05) is 38.0 Å². The Labute approximate surface area is 199 Å². The predicted octanol–water partition coefficient (Wildman–Crippen LogP) is 4.73. The van der Waals surface area contributed by atoms with Crippen molar-refractivity contribution in [1.82, 2.24) is 4.90 Å². The van der Waals surface area contributed by atoms with Crippen LogP contribution in [0, 0.1) is 0 Å². The summed E-state index contributed by atoms with van der Waals surface area (Å²) in [6.07, 6.45) is 0.358. The Morgan fingerprint density at radius 3 is 2.45 bits per heavy atom. The van der Waals surface area contributed by atoms with Crippen molar-refractivity contribution < 1.29 is 14.3 Å². The average molecular weight is 466 g/mol. The first-order valence-corrected chi connectivity index (χ1v) is 11.7. The summed E-state index contributed by atoms with van der Waals surface area (Å²) >= 11 is 1.59. The summed E-state index contributed by atoms with van der Waals surface area (Å²) in [6.45, 7) is 2.46. The van der Waals surface area contributed by atoms with E-state index in [1.165, 1.54) is 7.11 Å². The van der Waals surface area contributed by atoms with Crippen LogP contribution in [0.2, 0.25) is 0 Å². The Kier molecular flexibility index (Phi) is 8.63. The van der Waals surface area contributed by atoms with E-state index >= 15 is 0 Å². The number of benzene rings is 2. The molecule has 7 heteroatoms. The van der Waals surface area contributed by atoms with E-state index < -0.39 is 0 Å². The zero-order valence-electron chi connectivity index (χ0n) is 19.6. The first-order chi connectivity index (χ1) is 15.9. The van der Waals surface area contributed by atoms with Crippen molar-refractivity contribution >= 4 is 34.5 Å². The van der Waals surface area contributed by atoms with Crippen LogP contribution in [0.3, 0.4) is 0 Å². The Hall–Kier alpha value is -3.16. The van der Waals surface area contributed by atoms with Gasteiger partial charge in [0, 0.05) is 44.0 Å². The topological polar surface area (TPSA) is 61.9 Å². The van der Waals surface area contributed by atoms with Crippen molar-refractivity contribution in [2.24, 2.45) is 0 Å². The van der Waals surface area contributed by atoms with Gasteiger partial charge in [-0.15, -0.1) is 11.3 Å². The molecule has 0 aliphatic carbocycles. The van der Waals surface area contributed by atoms with Crippen LogP contribution in [0.25, 0.3) is 0 Å². The molecule has 2 aromatic carbocycles. The molecule has 0 aliphatic rings. The van der Waals surface area contributed by atoms with Crippen molar-refractivity contribution in [3.05, 3.63) is 82.0 Å². The number of anilines is 2. The second-order valence-corrected chi connectivity index (χ2v) is 9.12. The quantitative estimate of drug-likeness (QED) is 0.470. The average Bonchev–Trinajstić information content (AvgIpc) is 3.30. The van der Waals surface area contributed by atoms with E-state index in [1.807, 2.05) is 89.9 Å². The molecule has 0 radical (unpaired) electrons. The number of rotatable bonds is 10. The molecule has 0 saturated heterocycles. The van der Waals surface area contributed by atoms with Crippen molar-refractivity contribution in [3.8, 4) is 0 Å². The van der Waals surface area contributed by atoms with Gasteiger partial charge in [-0.25, -0.2) is 0 Å². The molecule has 33 heavy (non-hydrogen) atoms. The first-order valence-electron chi connectivity index (χ1n) is 10.8. The molecule has 1 aromatic heterocycles. The molecule has 1 atom stereocenters. The Balaban J connectivity index is 1.94. The molecule has 174 valence electrons. The van der Waals surface area contributed by atoms with Crippen molar-refractivity contribution in [3.63, 3.8) is 0 Å². The molecule has 0 spiro atoms. The number of thiophene rings is 1. The van der Waals surface area contributed by atoms with Crippen LogP contribution in [0.5, 0.6) is 0 Å². The Morgan fingerprint density at radius 1 is 1.06 bits per heavy atom. The fourth-order valence-electron chi connectivity index (χ4n) is 3.75. The van der Waals surface area contributed by atoms with Gasteiger partial charge in [0.15, 0.2) is 0 Å². The maximum atomic E-state index is 13.5. The molecule has 1 heterocycles. The minimum atomic E-state index is -0.218. The molecular formula is C26H31N3O3S. The second kappa shape index (κ2) is 11.6. The summed E-state index contributed by atoms with van der Waals surface area (Å²) in [5.74, 6) is -0.156. The monoisotopic (exact) mass is 465 g/mol. The fourth-order valence-corrected chi connectivity index (χ4v) is 4.45. The number of carbonyl (C=O) groups excluding carboxylic acids is 2. The van der Waals surface area contributed by atoms with Crippen molar-refractivity contribution in [1.29, 1.82) is 0 Å². The summed E-state index contributed by atoms with van der Waals surface area (Å²) in [5.41, 5.74) is 3.70. The number of ether oxygens (including phenoxy) is 1. The van der Waals surface area contributed by atoms with E-state index in [-0.39, 0.29) is 24.5 Å². The zero-order valence-corrected chi connectivity index (χ0v) is 20.4. The Morgan fingerprint density at radius 2 is 1.82 bits per heavy atom. The van der Waals surface area contributed by atoms with Gasteiger partial charge in [0.05, 0.1) is 12.5 Å². The highest BCUT2D eigenvalue weighted by Gasteiger charge is 2.24. The number of methoxy groups -OCH3 is 1. The van der Waals surface area contributed by atoms with Crippen LogP contribution < -0.4 is 10.2 Å². The normalized spacial score (nSPS) is 11.6. The van der Waals surface area contributed by atoms with Crippen LogP contribution in [-0.4, -0.2) is 44.5 Å². The third-order valence-electron chi connectivity index (χ3n) is 5.44. The third-order valence-corrected chi connectivity index (χ3v) is 6.31. The molecular weight excluding hydrogens is 434 g/mol. The van der Waals surface area contributed by atoms with Gasteiger partial charge < -0.3 is 19.9 Å². The minimum Gasteiger partial charge on any atom is -0.377 e. The summed E-state index contributed by atoms with van der Waals surface area (Å²) in [4.78, 5) is 30.5. The van der Waals surface area contributed by atoms with Gasteiger partial charge >= 0.3 is 0 Å².